The van der Waals surface area contributed by atoms with Crippen LogP contribution in [0.1, 0.15) is 39.5 Å². The smallest absolute Gasteiger partial charge is 0.306 e. The van der Waals surface area contributed by atoms with E-state index in [1.165, 1.54) is 0 Å². The molecule has 0 bridgehead atoms. The van der Waals surface area contributed by atoms with E-state index in [9.17, 15) is 9.59 Å². The van der Waals surface area contributed by atoms with Gasteiger partial charge in [0.2, 0.25) is 5.91 Å². The largest absolute Gasteiger partial charge is 0.481 e. The minimum absolute atomic E-state index is 0.0515. The van der Waals surface area contributed by atoms with Crippen molar-refractivity contribution in [2.75, 3.05) is 6.54 Å². The normalized spacial score (nSPS) is 26.6. The fraction of sp³-hybridized carbons (Fsp3) is 0.846. The summed E-state index contributed by atoms with van der Waals surface area (Å²) >= 11 is 0. The summed E-state index contributed by atoms with van der Waals surface area (Å²) in [5, 5.41) is 11.8. The van der Waals surface area contributed by atoms with Crippen LogP contribution in [0.3, 0.4) is 0 Å². The SMILES string of the molecule is CCC(C)[C@@H](N)C(=O)NCC1CCCC1C(=O)O. The molecule has 4 atom stereocenters. The summed E-state index contributed by atoms with van der Waals surface area (Å²) in [6.07, 6.45) is 3.37. The highest BCUT2D eigenvalue weighted by atomic mass is 16.4. The second kappa shape index (κ2) is 6.73. The molecule has 5 heteroatoms. The first kappa shape index (κ1) is 15.0. The van der Waals surface area contributed by atoms with Crippen LogP contribution in [0.5, 0.6) is 0 Å². The second-order valence-electron chi connectivity index (χ2n) is 5.29. The summed E-state index contributed by atoms with van der Waals surface area (Å²) in [4.78, 5) is 22.8. The van der Waals surface area contributed by atoms with Gasteiger partial charge in [-0.1, -0.05) is 26.7 Å². The number of amides is 1. The van der Waals surface area contributed by atoms with Gasteiger partial charge in [0.1, 0.15) is 0 Å². The molecule has 0 heterocycles. The topological polar surface area (TPSA) is 92.4 Å². The Morgan fingerprint density at radius 1 is 1.44 bits per heavy atom. The van der Waals surface area contributed by atoms with Crippen LogP contribution in [-0.2, 0) is 9.59 Å². The van der Waals surface area contributed by atoms with Crippen molar-refractivity contribution in [2.45, 2.75) is 45.6 Å². The van der Waals surface area contributed by atoms with Crippen molar-refractivity contribution in [1.82, 2.24) is 5.32 Å². The molecule has 3 unspecified atom stereocenters. The molecule has 1 fully saturated rings. The number of nitrogens with two attached hydrogens (primary N) is 1. The molecule has 0 aromatic rings. The van der Waals surface area contributed by atoms with Crippen LogP contribution in [0.25, 0.3) is 0 Å². The van der Waals surface area contributed by atoms with Crippen LogP contribution in [0.15, 0.2) is 0 Å². The average molecular weight is 256 g/mol. The molecule has 1 aliphatic rings. The maximum Gasteiger partial charge on any atom is 0.306 e. The number of nitrogens with one attached hydrogen (secondary N) is 1. The predicted molar refractivity (Wildman–Crippen MR) is 68.9 cm³/mol. The van der Waals surface area contributed by atoms with Crippen LogP contribution < -0.4 is 11.1 Å². The zero-order valence-corrected chi connectivity index (χ0v) is 11.2. The first-order chi connectivity index (χ1) is 8.47. The molecule has 0 saturated heterocycles. The lowest BCUT2D eigenvalue weighted by molar-refractivity contribution is -0.143. The van der Waals surface area contributed by atoms with Crippen LogP contribution in [0.4, 0.5) is 0 Å². The summed E-state index contributed by atoms with van der Waals surface area (Å²) in [5.74, 6) is -1.04. The lowest BCUT2D eigenvalue weighted by atomic mass is 9.95. The van der Waals surface area contributed by atoms with E-state index in [-0.39, 0.29) is 23.7 Å². The highest BCUT2D eigenvalue weighted by Crippen LogP contribution is 2.31. The molecule has 1 amide bonds. The molecule has 0 aromatic heterocycles. The third-order valence-electron chi connectivity index (χ3n) is 4.07. The maximum absolute atomic E-state index is 11.8. The molecule has 1 aliphatic carbocycles. The number of rotatable bonds is 6. The fourth-order valence-corrected chi connectivity index (χ4v) is 2.47. The molecule has 0 aliphatic heterocycles. The Kier molecular flexibility index (Phi) is 5.59. The summed E-state index contributed by atoms with van der Waals surface area (Å²) in [6.45, 7) is 4.37. The van der Waals surface area contributed by atoms with E-state index in [1.54, 1.807) is 0 Å². The second-order valence-corrected chi connectivity index (χ2v) is 5.29. The van der Waals surface area contributed by atoms with Crippen molar-refractivity contribution in [3.8, 4) is 0 Å². The lowest BCUT2D eigenvalue weighted by Gasteiger charge is -2.21. The van der Waals surface area contributed by atoms with Crippen molar-refractivity contribution in [3.05, 3.63) is 0 Å². The van der Waals surface area contributed by atoms with Gasteiger partial charge < -0.3 is 16.2 Å². The fourth-order valence-electron chi connectivity index (χ4n) is 2.47. The first-order valence-electron chi connectivity index (χ1n) is 6.73. The Hall–Kier alpha value is -1.10. The molecular weight excluding hydrogens is 232 g/mol. The summed E-state index contributed by atoms with van der Waals surface area (Å²) in [6, 6.07) is -0.500. The number of aliphatic carboxylic acids is 1. The van der Waals surface area contributed by atoms with Crippen molar-refractivity contribution in [2.24, 2.45) is 23.5 Å². The molecule has 5 nitrogen and oxygen atoms in total. The van der Waals surface area contributed by atoms with Gasteiger partial charge in [-0.25, -0.2) is 0 Å². The third-order valence-corrected chi connectivity index (χ3v) is 4.07. The number of hydrogen-bond donors (Lipinski definition) is 3. The average Bonchev–Trinajstić information content (AvgIpc) is 2.82. The number of carboxylic acids is 1. The van der Waals surface area contributed by atoms with Gasteiger partial charge in [0.25, 0.3) is 0 Å². The van der Waals surface area contributed by atoms with E-state index in [1.807, 2.05) is 13.8 Å². The monoisotopic (exact) mass is 256 g/mol. The molecule has 4 N–H and O–H groups in total. The summed E-state index contributed by atoms with van der Waals surface area (Å²) in [5.41, 5.74) is 5.82. The number of carbonyl (C=O) groups excluding carboxylic acids is 1. The molecule has 1 saturated carbocycles. The summed E-state index contributed by atoms with van der Waals surface area (Å²) < 4.78 is 0. The quantitative estimate of drug-likeness (QED) is 0.660. The lowest BCUT2D eigenvalue weighted by Crippen LogP contribution is -2.46. The van der Waals surface area contributed by atoms with Gasteiger partial charge in [0.05, 0.1) is 12.0 Å². The Balaban J connectivity index is 2.40. The van der Waals surface area contributed by atoms with E-state index in [0.717, 1.165) is 19.3 Å². The van der Waals surface area contributed by atoms with Gasteiger partial charge in [0, 0.05) is 6.54 Å². The Bertz CT molecular complexity index is 307. The molecule has 0 spiro atoms. The van der Waals surface area contributed by atoms with Crippen molar-refractivity contribution in [3.63, 3.8) is 0 Å². The van der Waals surface area contributed by atoms with Gasteiger partial charge in [-0.15, -0.1) is 0 Å². The van der Waals surface area contributed by atoms with Gasteiger partial charge >= 0.3 is 5.97 Å². The molecule has 104 valence electrons. The summed E-state index contributed by atoms with van der Waals surface area (Å²) in [7, 11) is 0. The zero-order valence-electron chi connectivity index (χ0n) is 11.2. The van der Waals surface area contributed by atoms with Gasteiger partial charge in [0.15, 0.2) is 0 Å². The third kappa shape index (κ3) is 3.70. The first-order valence-corrected chi connectivity index (χ1v) is 6.73. The minimum Gasteiger partial charge on any atom is -0.481 e. The Morgan fingerprint density at radius 2 is 2.11 bits per heavy atom. The van der Waals surface area contributed by atoms with Crippen molar-refractivity contribution < 1.29 is 14.7 Å². The van der Waals surface area contributed by atoms with Crippen LogP contribution >= 0.6 is 0 Å². The van der Waals surface area contributed by atoms with E-state index in [0.29, 0.717) is 13.0 Å². The highest BCUT2D eigenvalue weighted by Gasteiger charge is 2.33. The van der Waals surface area contributed by atoms with E-state index in [2.05, 4.69) is 5.32 Å². The molecule has 0 radical (unpaired) electrons. The Morgan fingerprint density at radius 3 is 2.67 bits per heavy atom. The molecular formula is C13H24N2O3. The molecule has 1 rings (SSSR count). The van der Waals surface area contributed by atoms with Gasteiger partial charge in [-0.05, 0) is 24.7 Å². The van der Waals surface area contributed by atoms with Gasteiger partial charge in [-0.2, -0.15) is 0 Å². The predicted octanol–water partition coefficient (Wildman–Crippen LogP) is 0.977. The zero-order chi connectivity index (χ0) is 13.7. The molecule has 18 heavy (non-hydrogen) atoms. The number of hydrogen-bond acceptors (Lipinski definition) is 3. The standard InChI is InChI=1S/C13H24N2O3/c1-3-8(2)11(14)12(16)15-7-9-5-4-6-10(9)13(17)18/h8-11H,3-7,14H2,1-2H3,(H,15,16)(H,17,18)/t8?,9?,10?,11-/m1/s1. The van der Waals surface area contributed by atoms with E-state index < -0.39 is 12.0 Å². The van der Waals surface area contributed by atoms with Crippen molar-refractivity contribution in [1.29, 1.82) is 0 Å². The van der Waals surface area contributed by atoms with Crippen molar-refractivity contribution >= 4 is 11.9 Å². The number of carboxylic acid groups (broad SMARTS) is 1. The Labute approximate surface area is 108 Å². The van der Waals surface area contributed by atoms with E-state index >= 15 is 0 Å². The van der Waals surface area contributed by atoms with E-state index in [4.69, 9.17) is 10.8 Å². The number of carbonyl (C=O) groups is 2. The molecule has 0 aromatic carbocycles. The van der Waals surface area contributed by atoms with Gasteiger partial charge in [-0.3, -0.25) is 9.59 Å². The van der Waals surface area contributed by atoms with Crippen LogP contribution in [0, 0.1) is 17.8 Å². The minimum atomic E-state index is -0.752. The maximum atomic E-state index is 11.8. The van der Waals surface area contributed by atoms with Crippen LogP contribution in [0.2, 0.25) is 0 Å². The van der Waals surface area contributed by atoms with Crippen LogP contribution in [-0.4, -0.2) is 29.6 Å². The highest BCUT2D eigenvalue weighted by molar-refractivity contribution is 5.81.